The summed E-state index contributed by atoms with van der Waals surface area (Å²) < 4.78 is 1.32. The van der Waals surface area contributed by atoms with Crippen LogP contribution in [0.25, 0.3) is 0 Å². The van der Waals surface area contributed by atoms with Gasteiger partial charge in [-0.25, -0.2) is 0 Å². The van der Waals surface area contributed by atoms with Gasteiger partial charge in [-0.2, -0.15) is 0 Å². The van der Waals surface area contributed by atoms with Gasteiger partial charge in [0.2, 0.25) is 0 Å². The molecule has 0 aliphatic carbocycles. The molecule has 0 spiro atoms. The van der Waals surface area contributed by atoms with Crippen molar-refractivity contribution >= 4 is 22.6 Å². The predicted molar refractivity (Wildman–Crippen MR) is 52.2 cm³/mol. The second kappa shape index (κ2) is 2.57. The van der Waals surface area contributed by atoms with Crippen LogP contribution >= 0.6 is 22.6 Å². The summed E-state index contributed by atoms with van der Waals surface area (Å²) in [6.45, 7) is 6.63. The summed E-state index contributed by atoms with van der Waals surface area (Å²) in [5.41, 5.74) is 1.58. The van der Waals surface area contributed by atoms with Gasteiger partial charge in [-0.05, 0) is 28.7 Å². The molecule has 1 N–H and O–H groups in total. The third-order valence-corrected chi connectivity index (χ3v) is 2.35. The van der Waals surface area contributed by atoms with E-state index in [9.17, 15) is 0 Å². The maximum atomic E-state index is 3.24. The van der Waals surface area contributed by atoms with E-state index in [-0.39, 0.29) is 5.41 Å². The molecule has 1 aromatic rings. The predicted octanol–water partition coefficient (Wildman–Crippen LogP) is 2.92. The molecule has 0 saturated heterocycles. The Bertz CT molecular complexity index is 219. The quantitative estimate of drug-likeness (QED) is 0.680. The molecule has 56 valence electrons. The van der Waals surface area contributed by atoms with Crippen molar-refractivity contribution in [2.24, 2.45) is 0 Å². The molecule has 1 rings (SSSR count). The lowest BCUT2D eigenvalue weighted by molar-refractivity contribution is 0.569. The fourth-order valence-electron chi connectivity index (χ4n) is 0.925. The molecular formula is C8H12IN. The Hall–Kier alpha value is 0.01000. The molecule has 1 heterocycles. The van der Waals surface area contributed by atoms with E-state index in [0.29, 0.717) is 0 Å². The molecule has 0 bridgehead atoms. The van der Waals surface area contributed by atoms with Gasteiger partial charge in [0.1, 0.15) is 0 Å². The van der Waals surface area contributed by atoms with Crippen LogP contribution in [-0.4, -0.2) is 4.98 Å². The highest BCUT2D eigenvalue weighted by Crippen LogP contribution is 2.24. The average molecular weight is 249 g/mol. The Kier molecular flexibility index (Phi) is 2.08. The molecule has 0 fully saturated rings. The molecular weight excluding hydrogens is 237 g/mol. The summed E-state index contributed by atoms with van der Waals surface area (Å²) >= 11 is 2.35. The van der Waals surface area contributed by atoms with Crippen LogP contribution in [0.4, 0.5) is 0 Å². The van der Waals surface area contributed by atoms with Crippen molar-refractivity contribution in [1.29, 1.82) is 0 Å². The van der Waals surface area contributed by atoms with E-state index >= 15 is 0 Å². The number of H-pyrrole nitrogens is 1. The van der Waals surface area contributed by atoms with Gasteiger partial charge in [-0.3, -0.25) is 0 Å². The molecule has 0 amide bonds. The number of hydrogen-bond acceptors (Lipinski definition) is 0. The van der Waals surface area contributed by atoms with E-state index in [1.807, 2.05) is 6.20 Å². The second-order valence-electron chi connectivity index (χ2n) is 3.45. The van der Waals surface area contributed by atoms with Gasteiger partial charge in [0.25, 0.3) is 0 Å². The van der Waals surface area contributed by atoms with Gasteiger partial charge < -0.3 is 4.98 Å². The van der Waals surface area contributed by atoms with E-state index < -0.39 is 0 Å². The molecule has 0 atom stereocenters. The molecule has 1 aromatic heterocycles. The molecule has 0 aliphatic heterocycles. The van der Waals surface area contributed by atoms with Crippen LogP contribution in [0.15, 0.2) is 12.3 Å². The normalized spacial score (nSPS) is 12.0. The lowest BCUT2D eigenvalue weighted by Gasteiger charge is -2.17. The zero-order chi connectivity index (χ0) is 7.78. The summed E-state index contributed by atoms with van der Waals surface area (Å²) in [5, 5.41) is 0. The van der Waals surface area contributed by atoms with Gasteiger partial charge in [0, 0.05) is 20.9 Å². The number of nitrogens with one attached hydrogen (secondary N) is 1. The highest BCUT2D eigenvalue weighted by Gasteiger charge is 2.17. The van der Waals surface area contributed by atoms with Gasteiger partial charge in [-0.15, -0.1) is 0 Å². The zero-order valence-corrected chi connectivity index (χ0v) is 8.69. The van der Waals surface area contributed by atoms with Crippen molar-refractivity contribution in [3.05, 3.63) is 21.5 Å². The Morgan fingerprint density at radius 3 is 2.20 bits per heavy atom. The van der Waals surface area contributed by atoms with Gasteiger partial charge >= 0.3 is 0 Å². The number of aromatic amines is 1. The molecule has 1 nitrogen and oxygen atoms in total. The third-order valence-electron chi connectivity index (χ3n) is 1.45. The van der Waals surface area contributed by atoms with Crippen molar-refractivity contribution in [1.82, 2.24) is 4.98 Å². The monoisotopic (exact) mass is 249 g/mol. The van der Waals surface area contributed by atoms with Crippen molar-refractivity contribution in [3.8, 4) is 0 Å². The Labute approximate surface area is 75.4 Å². The topological polar surface area (TPSA) is 15.8 Å². The Morgan fingerprint density at radius 1 is 1.40 bits per heavy atom. The Morgan fingerprint density at radius 2 is 2.00 bits per heavy atom. The number of halogens is 1. The lowest BCUT2D eigenvalue weighted by atomic mass is 9.93. The number of aromatic nitrogens is 1. The summed E-state index contributed by atoms with van der Waals surface area (Å²) in [4.78, 5) is 3.24. The largest absolute Gasteiger partial charge is 0.364 e. The highest BCUT2D eigenvalue weighted by molar-refractivity contribution is 14.1. The first-order valence-corrected chi connectivity index (χ1v) is 4.43. The van der Waals surface area contributed by atoms with E-state index in [2.05, 4.69) is 54.4 Å². The molecule has 0 aromatic carbocycles. The fraction of sp³-hybridized carbons (Fsp3) is 0.500. The standard InChI is InChI=1S/C8H12IN/c1-8(2,3)7-6(9)4-5-10-7/h4-5,10H,1-3H3. The number of hydrogen-bond donors (Lipinski definition) is 1. The number of rotatable bonds is 0. The molecule has 0 aliphatic rings. The first-order valence-electron chi connectivity index (χ1n) is 3.35. The van der Waals surface area contributed by atoms with E-state index in [1.54, 1.807) is 0 Å². The van der Waals surface area contributed by atoms with Crippen LogP contribution in [0.5, 0.6) is 0 Å². The molecule has 0 saturated carbocycles. The van der Waals surface area contributed by atoms with E-state index in [0.717, 1.165) is 0 Å². The average Bonchev–Trinajstić information content (AvgIpc) is 2.11. The first-order chi connectivity index (χ1) is 4.52. The second-order valence-corrected chi connectivity index (χ2v) is 4.61. The summed E-state index contributed by atoms with van der Waals surface area (Å²) in [7, 11) is 0. The minimum absolute atomic E-state index is 0.250. The van der Waals surface area contributed by atoms with Gasteiger partial charge in [0.15, 0.2) is 0 Å². The SMILES string of the molecule is CC(C)(C)c1[nH]ccc1I. The van der Waals surface area contributed by atoms with Crippen molar-refractivity contribution in [3.63, 3.8) is 0 Å². The van der Waals surface area contributed by atoms with Crippen LogP contribution in [0.2, 0.25) is 0 Å². The molecule has 10 heavy (non-hydrogen) atoms. The highest BCUT2D eigenvalue weighted by atomic mass is 127. The van der Waals surface area contributed by atoms with Crippen molar-refractivity contribution in [2.45, 2.75) is 26.2 Å². The maximum Gasteiger partial charge on any atom is 0.0342 e. The summed E-state index contributed by atoms with van der Waals surface area (Å²) in [6.07, 6.45) is 1.99. The van der Waals surface area contributed by atoms with E-state index in [4.69, 9.17) is 0 Å². The minimum atomic E-state index is 0.250. The molecule has 0 unspecified atom stereocenters. The fourth-order valence-corrected chi connectivity index (χ4v) is 2.07. The maximum absolute atomic E-state index is 3.24. The zero-order valence-electron chi connectivity index (χ0n) is 6.53. The lowest BCUT2D eigenvalue weighted by Crippen LogP contribution is -2.12. The minimum Gasteiger partial charge on any atom is -0.364 e. The van der Waals surface area contributed by atoms with Gasteiger partial charge in [-0.1, -0.05) is 20.8 Å². The van der Waals surface area contributed by atoms with Crippen molar-refractivity contribution < 1.29 is 0 Å². The summed E-state index contributed by atoms with van der Waals surface area (Å²) in [6, 6.07) is 2.10. The molecule has 2 heteroatoms. The first kappa shape index (κ1) is 8.11. The van der Waals surface area contributed by atoms with Crippen molar-refractivity contribution in [2.75, 3.05) is 0 Å². The van der Waals surface area contributed by atoms with Crippen LogP contribution in [0.1, 0.15) is 26.5 Å². The third kappa shape index (κ3) is 1.54. The smallest absolute Gasteiger partial charge is 0.0342 e. The summed E-state index contributed by atoms with van der Waals surface area (Å²) in [5.74, 6) is 0. The Balaban J connectivity index is 3.05. The van der Waals surface area contributed by atoms with Gasteiger partial charge in [0.05, 0.1) is 0 Å². The van der Waals surface area contributed by atoms with E-state index in [1.165, 1.54) is 9.26 Å². The van der Waals surface area contributed by atoms with Crippen LogP contribution < -0.4 is 0 Å². The van der Waals surface area contributed by atoms with Crippen LogP contribution in [-0.2, 0) is 5.41 Å². The molecule has 0 radical (unpaired) electrons. The van der Waals surface area contributed by atoms with Crippen LogP contribution in [0.3, 0.4) is 0 Å². The van der Waals surface area contributed by atoms with Crippen LogP contribution in [0, 0.1) is 3.57 Å².